The molecule has 114 valence electrons. The maximum absolute atomic E-state index is 13.6. The van der Waals surface area contributed by atoms with Gasteiger partial charge in [0, 0.05) is 12.1 Å². The van der Waals surface area contributed by atoms with Crippen molar-refractivity contribution in [3.63, 3.8) is 0 Å². The number of rotatable bonds is 7. The number of hydrogen-bond donors (Lipinski definition) is 2. The highest BCUT2D eigenvalue weighted by molar-refractivity contribution is 7.89. The first-order valence-corrected chi connectivity index (χ1v) is 7.90. The number of methoxy groups -OCH3 is 1. The molecule has 3 N–H and O–H groups in total. The molecule has 7 heteroatoms. The predicted molar refractivity (Wildman–Crippen MR) is 75.6 cm³/mol. The molecule has 0 radical (unpaired) electrons. The van der Waals surface area contributed by atoms with Gasteiger partial charge in [-0.05, 0) is 31.0 Å². The lowest BCUT2D eigenvalue weighted by atomic mass is 9.95. The van der Waals surface area contributed by atoms with Crippen molar-refractivity contribution >= 4 is 10.0 Å². The van der Waals surface area contributed by atoms with Crippen molar-refractivity contribution in [2.45, 2.75) is 37.1 Å². The first kappa shape index (κ1) is 16.9. The van der Waals surface area contributed by atoms with Crippen molar-refractivity contribution in [1.82, 2.24) is 4.72 Å². The van der Waals surface area contributed by atoms with Gasteiger partial charge in [-0.15, -0.1) is 0 Å². The summed E-state index contributed by atoms with van der Waals surface area (Å²) >= 11 is 0. The molecule has 0 aliphatic carbocycles. The Kier molecular flexibility index (Phi) is 5.50. The number of nitrogens with two attached hydrogens (primary N) is 1. The molecule has 0 amide bonds. The van der Waals surface area contributed by atoms with Gasteiger partial charge in [-0.1, -0.05) is 13.8 Å². The zero-order chi connectivity index (χ0) is 15.4. The highest BCUT2D eigenvalue weighted by atomic mass is 32.2. The van der Waals surface area contributed by atoms with Crippen LogP contribution in [0.4, 0.5) is 4.39 Å². The second kappa shape index (κ2) is 6.51. The van der Waals surface area contributed by atoms with Crippen LogP contribution in [-0.4, -0.2) is 27.6 Å². The third-order valence-corrected chi connectivity index (χ3v) is 5.10. The van der Waals surface area contributed by atoms with E-state index >= 15 is 0 Å². The average Bonchev–Trinajstić information content (AvgIpc) is 2.44. The fraction of sp³-hybridized carbons (Fsp3) is 0.538. The molecule has 5 nitrogen and oxygen atoms in total. The summed E-state index contributed by atoms with van der Waals surface area (Å²) in [7, 11) is -2.51. The maximum atomic E-state index is 13.6. The van der Waals surface area contributed by atoms with Crippen molar-refractivity contribution in [3.8, 4) is 5.75 Å². The zero-order valence-corrected chi connectivity index (χ0v) is 12.8. The smallest absolute Gasteiger partial charge is 0.241 e. The van der Waals surface area contributed by atoms with Crippen LogP contribution in [0.5, 0.6) is 5.75 Å². The van der Waals surface area contributed by atoms with Gasteiger partial charge in [0.15, 0.2) is 11.6 Å². The summed E-state index contributed by atoms with van der Waals surface area (Å²) in [6, 6.07) is 3.52. The Morgan fingerprint density at radius 2 is 1.95 bits per heavy atom. The summed E-state index contributed by atoms with van der Waals surface area (Å²) in [6.45, 7) is 3.89. The minimum atomic E-state index is -3.83. The van der Waals surface area contributed by atoms with Crippen molar-refractivity contribution in [1.29, 1.82) is 0 Å². The van der Waals surface area contributed by atoms with Crippen LogP contribution >= 0.6 is 0 Å². The summed E-state index contributed by atoms with van der Waals surface area (Å²) in [5.41, 5.74) is 4.96. The van der Waals surface area contributed by atoms with Crippen LogP contribution < -0.4 is 15.2 Å². The highest BCUT2D eigenvalue weighted by Gasteiger charge is 2.31. The third kappa shape index (κ3) is 3.47. The number of ether oxygens (including phenoxy) is 1. The van der Waals surface area contributed by atoms with E-state index < -0.39 is 21.4 Å². The van der Waals surface area contributed by atoms with Gasteiger partial charge in [-0.2, -0.15) is 0 Å². The zero-order valence-electron chi connectivity index (χ0n) is 11.9. The van der Waals surface area contributed by atoms with Crippen molar-refractivity contribution in [2.24, 2.45) is 5.73 Å². The molecular formula is C13H21FN2O3S. The van der Waals surface area contributed by atoms with E-state index in [4.69, 9.17) is 10.5 Å². The number of hydrogen-bond acceptors (Lipinski definition) is 4. The summed E-state index contributed by atoms with van der Waals surface area (Å²) in [5, 5.41) is 0. The van der Waals surface area contributed by atoms with E-state index in [1.54, 1.807) is 0 Å². The Balaban J connectivity index is 3.14. The van der Waals surface area contributed by atoms with Gasteiger partial charge >= 0.3 is 0 Å². The first-order chi connectivity index (χ1) is 9.34. The summed E-state index contributed by atoms with van der Waals surface area (Å²) in [4.78, 5) is -0.143. The molecule has 0 aliphatic heterocycles. The molecule has 0 bridgehead atoms. The maximum Gasteiger partial charge on any atom is 0.241 e. The Hall–Kier alpha value is -1.18. The lowest BCUT2D eigenvalue weighted by molar-refractivity contribution is 0.362. The van der Waals surface area contributed by atoms with E-state index in [9.17, 15) is 12.8 Å². The van der Waals surface area contributed by atoms with Crippen LogP contribution in [0.2, 0.25) is 0 Å². The van der Waals surface area contributed by atoms with Crippen LogP contribution in [0.3, 0.4) is 0 Å². The van der Waals surface area contributed by atoms with Gasteiger partial charge in [-0.25, -0.2) is 17.5 Å². The molecule has 0 aromatic heterocycles. The molecule has 1 aromatic rings. The van der Waals surface area contributed by atoms with E-state index in [2.05, 4.69) is 4.72 Å². The van der Waals surface area contributed by atoms with Crippen LogP contribution in [0.25, 0.3) is 0 Å². The predicted octanol–water partition coefficient (Wildman–Crippen LogP) is 1.63. The van der Waals surface area contributed by atoms with Crippen LogP contribution in [0.1, 0.15) is 26.7 Å². The van der Waals surface area contributed by atoms with Crippen LogP contribution in [0.15, 0.2) is 23.1 Å². The van der Waals surface area contributed by atoms with E-state index in [1.165, 1.54) is 19.2 Å². The Bertz CT molecular complexity index is 548. The lowest BCUT2D eigenvalue weighted by Crippen LogP contribution is -2.52. The highest BCUT2D eigenvalue weighted by Crippen LogP contribution is 2.23. The van der Waals surface area contributed by atoms with E-state index in [1.807, 2.05) is 13.8 Å². The van der Waals surface area contributed by atoms with Gasteiger partial charge < -0.3 is 10.5 Å². The number of halogens is 1. The molecule has 0 aliphatic rings. The van der Waals surface area contributed by atoms with Crippen molar-refractivity contribution in [2.75, 3.05) is 13.7 Å². The lowest BCUT2D eigenvalue weighted by Gasteiger charge is -2.31. The van der Waals surface area contributed by atoms with Gasteiger partial charge in [0.25, 0.3) is 0 Å². The van der Waals surface area contributed by atoms with Gasteiger partial charge in [0.2, 0.25) is 10.0 Å². The number of benzene rings is 1. The molecule has 1 aromatic carbocycles. The summed E-state index contributed by atoms with van der Waals surface area (Å²) in [6.07, 6.45) is 1.11. The SMILES string of the molecule is CCC(CC)(CN)NS(=O)(=O)c1ccc(OC)c(F)c1. The minimum Gasteiger partial charge on any atom is -0.494 e. The quantitative estimate of drug-likeness (QED) is 0.802. The minimum absolute atomic E-state index is 0.0000196. The molecule has 1 rings (SSSR count). The Labute approximate surface area is 119 Å². The number of sulfonamides is 1. The van der Waals surface area contributed by atoms with Crippen LogP contribution in [-0.2, 0) is 10.0 Å². The standard InChI is InChI=1S/C13H21FN2O3S/c1-4-13(5-2,9-15)16-20(17,18)10-6-7-12(19-3)11(14)8-10/h6-8,16H,4-5,9,15H2,1-3H3. The second-order valence-electron chi connectivity index (χ2n) is 4.59. The molecule has 0 saturated heterocycles. The fourth-order valence-corrected chi connectivity index (χ4v) is 3.45. The molecule has 0 fully saturated rings. The first-order valence-electron chi connectivity index (χ1n) is 6.41. The normalized spacial score (nSPS) is 12.4. The Morgan fingerprint density at radius 1 is 1.35 bits per heavy atom. The number of nitrogens with one attached hydrogen (secondary N) is 1. The second-order valence-corrected chi connectivity index (χ2v) is 6.28. The van der Waals surface area contributed by atoms with Gasteiger partial charge in [-0.3, -0.25) is 0 Å². The molecule has 0 heterocycles. The van der Waals surface area contributed by atoms with E-state index in [-0.39, 0.29) is 17.2 Å². The Morgan fingerprint density at radius 3 is 2.35 bits per heavy atom. The third-order valence-electron chi connectivity index (χ3n) is 3.53. The van der Waals surface area contributed by atoms with E-state index in [0.717, 1.165) is 6.07 Å². The summed E-state index contributed by atoms with van der Waals surface area (Å²) < 4.78 is 45.6. The monoisotopic (exact) mass is 304 g/mol. The molecule has 0 unspecified atom stereocenters. The molecule has 0 spiro atoms. The molecule has 0 saturated carbocycles. The van der Waals surface area contributed by atoms with Gasteiger partial charge in [0.05, 0.1) is 12.0 Å². The van der Waals surface area contributed by atoms with Crippen molar-refractivity contribution in [3.05, 3.63) is 24.0 Å². The topological polar surface area (TPSA) is 81.4 Å². The van der Waals surface area contributed by atoms with Gasteiger partial charge in [0.1, 0.15) is 0 Å². The molecule has 20 heavy (non-hydrogen) atoms. The largest absolute Gasteiger partial charge is 0.494 e. The molecule has 0 atom stereocenters. The van der Waals surface area contributed by atoms with Crippen molar-refractivity contribution < 1.29 is 17.5 Å². The average molecular weight is 304 g/mol. The fourth-order valence-electron chi connectivity index (χ4n) is 1.88. The molecular weight excluding hydrogens is 283 g/mol. The summed E-state index contributed by atoms with van der Waals surface area (Å²) in [5.74, 6) is -0.721. The van der Waals surface area contributed by atoms with E-state index in [0.29, 0.717) is 12.8 Å². The van der Waals surface area contributed by atoms with Crippen LogP contribution in [0, 0.1) is 5.82 Å².